The monoisotopic (exact) mass is 299 g/mol. The molecule has 1 N–H and O–H groups in total. The minimum Gasteiger partial charge on any atom is -0.321 e. The van der Waals surface area contributed by atoms with E-state index in [1.54, 1.807) is 0 Å². The second-order valence-corrected chi connectivity index (χ2v) is 8.42. The number of likely N-dealkylation sites (N-methyl/N-ethyl adjacent to an activating group) is 2. The lowest BCUT2D eigenvalue weighted by molar-refractivity contribution is 0.298. The quantitative estimate of drug-likeness (QED) is 0.522. The highest BCUT2D eigenvalue weighted by molar-refractivity contribution is 7.56. The Morgan fingerprint density at radius 1 is 1.28 bits per heavy atom. The zero-order valence-electron chi connectivity index (χ0n) is 12.4. The molecule has 0 aromatic heterocycles. The van der Waals surface area contributed by atoms with Gasteiger partial charge in [0.25, 0.3) is 7.52 Å². The molecule has 0 heterocycles. The Kier molecular flexibility index (Phi) is 7.99. The zero-order valence-corrected chi connectivity index (χ0v) is 14.0. The van der Waals surface area contributed by atoms with Gasteiger partial charge in [-0.1, -0.05) is 0 Å². The number of hydrogen-bond donors (Lipinski definition) is 1. The molecule has 0 radical (unpaired) electrons. The maximum absolute atomic E-state index is 12.7. The molecule has 0 aliphatic heterocycles. The van der Waals surface area contributed by atoms with E-state index in [2.05, 4.69) is 9.74 Å². The summed E-state index contributed by atoms with van der Waals surface area (Å²) in [7, 11) is 4.59. The van der Waals surface area contributed by atoms with Gasteiger partial charge in [-0.15, -0.1) is 0 Å². The molecule has 7 heteroatoms. The lowest BCUT2D eigenvalue weighted by Gasteiger charge is -2.30. The summed E-state index contributed by atoms with van der Waals surface area (Å²) in [6.45, 7) is 5.51. The molecule has 0 aliphatic rings. The first-order chi connectivity index (χ1) is 8.17. The second kappa shape index (κ2) is 7.83. The highest BCUT2D eigenvalue weighted by Gasteiger charge is 2.30. The third-order valence-corrected chi connectivity index (χ3v) is 6.06. The van der Waals surface area contributed by atoms with Crippen LogP contribution in [0.25, 0.3) is 0 Å². The Bertz CT molecular complexity index is 287. The van der Waals surface area contributed by atoms with Crippen molar-refractivity contribution in [2.75, 3.05) is 47.5 Å². The van der Waals surface area contributed by atoms with Crippen LogP contribution in [0.3, 0.4) is 0 Å². The van der Waals surface area contributed by atoms with E-state index in [4.69, 9.17) is 16.3 Å². The minimum absolute atomic E-state index is 0.252. The molecule has 0 saturated carbocycles. The van der Waals surface area contributed by atoms with Gasteiger partial charge in [-0.3, -0.25) is 4.57 Å². The Balaban J connectivity index is 4.46. The fourth-order valence-electron chi connectivity index (χ4n) is 1.37. The van der Waals surface area contributed by atoms with Crippen LogP contribution in [0.4, 0.5) is 0 Å². The van der Waals surface area contributed by atoms with E-state index in [0.717, 1.165) is 6.54 Å². The molecular formula is C11H27ClN3O2P. The first kappa shape index (κ1) is 18.4. The van der Waals surface area contributed by atoms with E-state index in [-0.39, 0.29) is 5.54 Å². The van der Waals surface area contributed by atoms with Crippen LogP contribution in [-0.2, 0) is 9.09 Å². The third kappa shape index (κ3) is 6.50. The number of hydrogen-bond acceptors (Lipinski definition) is 4. The van der Waals surface area contributed by atoms with E-state index in [0.29, 0.717) is 19.1 Å². The Morgan fingerprint density at radius 2 is 1.83 bits per heavy atom. The van der Waals surface area contributed by atoms with Crippen molar-refractivity contribution in [3.8, 4) is 0 Å². The topological polar surface area (TPSA) is 44.8 Å². The first-order valence-corrected chi connectivity index (χ1v) is 8.20. The average molecular weight is 300 g/mol. The van der Waals surface area contributed by atoms with Crippen LogP contribution in [0.15, 0.2) is 0 Å². The molecule has 110 valence electrons. The van der Waals surface area contributed by atoms with Crippen LogP contribution >= 0.6 is 19.3 Å². The minimum atomic E-state index is -2.75. The zero-order chi connectivity index (χ0) is 14.4. The van der Waals surface area contributed by atoms with E-state index in [1.807, 2.05) is 39.7 Å². The third-order valence-electron chi connectivity index (χ3n) is 2.95. The molecule has 18 heavy (non-hydrogen) atoms. The molecule has 0 saturated heterocycles. The van der Waals surface area contributed by atoms with Crippen LogP contribution in [0.1, 0.15) is 20.3 Å². The molecule has 1 unspecified atom stereocenters. The smallest absolute Gasteiger partial charge is 0.271 e. The normalized spacial score (nSPS) is 16.3. The van der Waals surface area contributed by atoms with Crippen molar-refractivity contribution in [1.82, 2.24) is 14.4 Å². The summed E-state index contributed by atoms with van der Waals surface area (Å²) >= 11 is 5.65. The fourth-order valence-corrected chi connectivity index (χ4v) is 3.50. The maximum atomic E-state index is 12.7. The number of nitrogens with zero attached hydrogens (tertiary/aromatic N) is 2. The summed E-state index contributed by atoms with van der Waals surface area (Å²) in [5.41, 5.74) is -0.252. The molecule has 0 amide bonds. The standard InChI is InChI=1S/C11H27ClN3O2P/c1-11(2,13-12)7-10-18(16,17-6)15(5)9-8-14(3)4/h13H,7-10H2,1-6H3. The Labute approximate surface area is 116 Å². The molecule has 0 aromatic rings. The largest absolute Gasteiger partial charge is 0.321 e. The van der Waals surface area contributed by atoms with Gasteiger partial charge in [0.05, 0.1) is 0 Å². The van der Waals surface area contributed by atoms with Gasteiger partial charge in [0.15, 0.2) is 0 Å². The van der Waals surface area contributed by atoms with Crippen molar-refractivity contribution in [2.45, 2.75) is 25.8 Å². The van der Waals surface area contributed by atoms with Gasteiger partial charge in [0.1, 0.15) is 0 Å². The lowest BCUT2D eigenvalue weighted by atomic mass is 10.0. The van der Waals surface area contributed by atoms with E-state index in [1.165, 1.54) is 7.11 Å². The highest BCUT2D eigenvalue weighted by atomic mass is 35.5. The van der Waals surface area contributed by atoms with Crippen molar-refractivity contribution in [2.24, 2.45) is 0 Å². The van der Waals surface area contributed by atoms with Gasteiger partial charge in [-0.05, 0) is 53.2 Å². The lowest BCUT2D eigenvalue weighted by Crippen LogP contribution is -2.35. The van der Waals surface area contributed by atoms with Crippen LogP contribution in [-0.4, -0.2) is 62.6 Å². The molecule has 0 rings (SSSR count). The molecular weight excluding hydrogens is 273 g/mol. The van der Waals surface area contributed by atoms with Crippen LogP contribution in [0.5, 0.6) is 0 Å². The summed E-state index contributed by atoms with van der Waals surface area (Å²) in [5, 5.41) is 0. The van der Waals surface area contributed by atoms with Crippen molar-refractivity contribution < 1.29 is 9.09 Å². The van der Waals surface area contributed by atoms with Crippen molar-refractivity contribution in [1.29, 1.82) is 0 Å². The summed E-state index contributed by atoms with van der Waals surface area (Å²) in [5.74, 6) is 0. The number of halogens is 1. The van der Waals surface area contributed by atoms with Crippen LogP contribution in [0, 0.1) is 0 Å². The van der Waals surface area contributed by atoms with Gasteiger partial charge >= 0.3 is 0 Å². The predicted octanol–water partition coefficient (Wildman–Crippen LogP) is 2.23. The molecule has 0 aromatic carbocycles. The Morgan fingerprint density at radius 3 is 2.22 bits per heavy atom. The van der Waals surface area contributed by atoms with Gasteiger partial charge in [0, 0.05) is 31.9 Å². The van der Waals surface area contributed by atoms with Gasteiger partial charge < -0.3 is 9.42 Å². The Hall–Kier alpha value is 0.360. The van der Waals surface area contributed by atoms with Crippen LogP contribution < -0.4 is 4.84 Å². The summed E-state index contributed by atoms with van der Waals surface area (Å²) < 4.78 is 19.8. The first-order valence-electron chi connectivity index (χ1n) is 6.06. The number of nitrogens with one attached hydrogen (secondary N) is 1. The van der Waals surface area contributed by atoms with Crippen molar-refractivity contribution in [3.05, 3.63) is 0 Å². The summed E-state index contributed by atoms with van der Waals surface area (Å²) in [4.78, 5) is 4.75. The van der Waals surface area contributed by atoms with E-state index >= 15 is 0 Å². The second-order valence-electron chi connectivity index (χ2n) is 5.46. The summed E-state index contributed by atoms with van der Waals surface area (Å²) in [6.07, 6.45) is 1.17. The van der Waals surface area contributed by atoms with E-state index in [9.17, 15) is 4.57 Å². The fraction of sp³-hybridized carbons (Fsp3) is 1.00. The molecule has 0 fully saturated rings. The highest BCUT2D eigenvalue weighted by Crippen LogP contribution is 2.50. The van der Waals surface area contributed by atoms with E-state index < -0.39 is 7.52 Å². The SMILES string of the molecule is COP(=O)(CCC(C)(C)NCl)N(C)CCN(C)C. The average Bonchev–Trinajstić information content (AvgIpc) is 2.33. The summed E-state index contributed by atoms with van der Waals surface area (Å²) in [6, 6.07) is 0. The molecule has 0 spiro atoms. The van der Waals surface area contributed by atoms with Gasteiger partial charge in [0.2, 0.25) is 0 Å². The van der Waals surface area contributed by atoms with Crippen LogP contribution in [0.2, 0.25) is 0 Å². The van der Waals surface area contributed by atoms with Gasteiger partial charge in [-0.25, -0.2) is 9.51 Å². The van der Waals surface area contributed by atoms with Crippen molar-refractivity contribution in [3.63, 3.8) is 0 Å². The van der Waals surface area contributed by atoms with Crippen molar-refractivity contribution >= 4 is 19.3 Å². The maximum Gasteiger partial charge on any atom is 0.271 e. The molecule has 0 aliphatic carbocycles. The van der Waals surface area contributed by atoms with Gasteiger partial charge in [-0.2, -0.15) is 0 Å². The molecule has 1 atom stereocenters. The predicted molar refractivity (Wildman–Crippen MR) is 78.4 cm³/mol. The number of rotatable bonds is 9. The molecule has 0 bridgehead atoms. The molecule has 5 nitrogen and oxygen atoms in total.